The minimum Gasteiger partial charge on any atom is -0.353 e. The van der Waals surface area contributed by atoms with E-state index in [1.807, 2.05) is 38.1 Å². The van der Waals surface area contributed by atoms with Gasteiger partial charge in [-0.2, -0.15) is 0 Å². The average Bonchev–Trinajstić information content (AvgIpc) is 3.09. The summed E-state index contributed by atoms with van der Waals surface area (Å²) in [5.41, 5.74) is 1.72. The number of aromatic nitrogens is 4. The van der Waals surface area contributed by atoms with E-state index >= 15 is 0 Å². The number of carbonyl (C=O) groups is 2. The van der Waals surface area contributed by atoms with E-state index in [2.05, 4.69) is 20.8 Å². The molecule has 1 saturated heterocycles. The largest absolute Gasteiger partial charge is 0.353 e. The predicted octanol–water partition coefficient (Wildman–Crippen LogP) is 0.188. The van der Waals surface area contributed by atoms with E-state index in [0.29, 0.717) is 13.1 Å². The summed E-state index contributed by atoms with van der Waals surface area (Å²) in [5.74, 6) is -0.0196. The van der Waals surface area contributed by atoms with Gasteiger partial charge in [0.05, 0.1) is 12.1 Å². The van der Waals surface area contributed by atoms with Crippen LogP contribution in [0.2, 0.25) is 0 Å². The third-order valence-electron chi connectivity index (χ3n) is 4.11. The van der Waals surface area contributed by atoms with Crippen molar-refractivity contribution in [3.05, 3.63) is 36.2 Å². The first-order valence-corrected chi connectivity index (χ1v) is 7.96. The van der Waals surface area contributed by atoms with Gasteiger partial charge in [-0.05, 0) is 34.0 Å². The van der Waals surface area contributed by atoms with Crippen LogP contribution >= 0.6 is 0 Å². The third kappa shape index (κ3) is 3.27. The Balaban J connectivity index is 1.70. The van der Waals surface area contributed by atoms with Crippen molar-refractivity contribution in [3.63, 3.8) is 0 Å². The minimum atomic E-state index is -0.397. The molecule has 24 heavy (non-hydrogen) atoms. The number of amides is 2. The van der Waals surface area contributed by atoms with E-state index < -0.39 is 6.04 Å². The maximum Gasteiger partial charge on any atom is 0.243 e. The summed E-state index contributed by atoms with van der Waals surface area (Å²) >= 11 is 0. The minimum absolute atomic E-state index is 0.0290. The Hall–Kier alpha value is -2.77. The molecule has 0 bridgehead atoms. The second kappa shape index (κ2) is 6.77. The second-order valence-corrected chi connectivity index (χ2v) is 6.16. The lowest BCUT2D eigenvalue weighted by molar-refractivity contribution is -0.144. The molecule has 8 nitrogen and oxygen atoms in total. The fourth-order valence-corrected chi connectivity index (χ4v) is 2.95. The number of nitrogens with zero attached hydrogens (tertiary/aromatic N) is 5. The van der Waals surface area contributed by atoms with Gasteiger partial charge < -0.3 is 10.2 Å². The van der Waals surface area contributed by atoms with Crippen LogP contribution in [0, 0.1) is 5.92 Å². The van der Waals surface area contributed by atoms with Gasteiger partial charge in [-0.1, -0.05) is 26.0 Å². The zero-order valence-corrected chi connectivity index (χ0v) is 13.7. The molecule has 1 fully saturated rings. The Labute approximate surface area is 139 Å². The Bertz CT molecular complexity index is 711. The van der Waals surface area contributed by atoms with Gasteiger partial charge in [0.15, 0.2) is 0 Å². The number of piperazine rings is 1. The molecule has 126 valence electrons. The number of hydrogen-bond acceptors (Lipinski definition) is 5. The van der Waals surface area contributed by atoms with E-state index in [9.17, 15) is 9.59 Å². The van der Waals surface area contributed by atoms with Crippen molar-refractivity contribution in [1.82, 2.24) is 30.4 Å². The Morgan fingerprint density at radius 2 is 2.08 bits per heavy atom. The second-order valence-electron chi connectivity index (χ2n) is 6.16. The molecule has 0 aliphatic carbocycles. The molecule has 0 radical (unpaired) electrons. The highest BCUT2D eigenvalue weighted by Gasteiger charge is 2.34. The fourth-order valence-electron chi connectivity index (χ4n) is 2.95. The lowest BCUT2D eigenvalue weighted by Crippen LogP contribution is -2.59. The molecular weight excluding hydrogens is 308 g/mol. The van der Waals surface area contributed by atoms with Gasteiger partial charge >= 0.3 is 0 Å². The Morgan fingerprint density at radius 3 is 2.71 bits per heavy atom. The quantitative estimate of drug-likeness (QED) is 0.865. The van der Waals surface area contributed by atoms with Crippen LogP contribution in [0.3, 0.4) is 0 Å². The molecule has 1 aliphatic rings. The van der Waals surface area contributed by atoms with Crippen LogP contribution in [0.5, 0.6) is 0 Å². The average molecular weight is 328 g/mol. The SMILES string of the molecule is CC(C)C1C(=O)NCCN1C(=O)Cc1ccc(-n2cnnn2)cc1. The van der Waals surface area contributed by atoms with Crippen molar-refractivity contribution in [3.8, 4) is 5.69 Å². The van der Waals surface area contributed by atoms with Crippen LogP contribution < -0.4 is 5.32 Å². The van der Waals surface area contributed by atoms with E-state index in [0.717, 1.165) is 11.3 Å². The summed E-state index contributed by atoms with van der Waals surface area (Å²) in [5, 5.41) is 13.8. The highest BCUT2D eigenvalue weighted by Crippen LogP contribution is 2.16. The van der Waals surface area contributed by atoms with E-state index in [1.54, 1.807) is 9.58 Å². The zero-order valence-electron chi connectivity index (χ0n) is 13.7. The Morgan fingerprint density at radius 1 is 1.33 bits per heavy atom. The molecule has 2 heterocycles. The lowest BCUT2D eigenvalue weighted by Gasteiger charge is -2.37. The van der Waals surface area contributed by atoms with Crippen LogP contribution in [0.1, 0.15) is 19.4 Å². The normalized spacial score (nSPS) is 17.9. The molecule has 1 unspecified atom stereocenters. The van der Waals surface area contributed by atoms with Gasteiger partial charge in [-0.15, -0.1) is 5.10 Å². The molecule has 0 spiro atoms. The van der Waals surface area contributed by atoms with E-state index in [-0.39, 0.29) is 24.2 Å². The lowest BCUT2D eigenvalue weighted by atomic mass is 9.98. The summed E-state index contributed by atoms with van der Waals surface area (Å²) in [6, 6.07) is 7.09. The van der Waals surface area contributed by atoms with Crippen LogP contribution in [-0.2, 0) is 16.0 Å². The molecule has 3 rings (SSSR count). The first-order valence-electron chi connectivity index (χ1n) is 7.96. The first-order chi connectivity index (χ1) is 11.6. The van der Waals surface area contributed by atoms with E-state index in [1.165, 1.54) is 6.33 Å². The van der Waals surface area contributed by atoms with Crippen molar-refractivity contribution in [2.45, 2.75) is 26.3 Å². The molecule has 8 heteroatoms. The highest BCUT2D eigenvalue weighted by molar-refractivity contribution is 5.89. The molecule has 2 aromatic rings. The number of hydrogen-bond donors (Lipinski definition) is 1. The topological polar surface area (TPSA) is 93.0 Å². The first kappa shape index (κ1) is 16.1. The van der Waals surface area contributed by atoms with Gasteiger partial charge in [0, 0.05) is 13.1 Å². The highest BCUT2D eigenvalue weighted by atomic mass is 16.2. The molecule has 1 aromatic heterocycles. The smallest absolute Gasteiger partial charge is 0.243 e. The van der Waals surface area contributed by atoms with Crippen LogP contribution in [0.15, 0.2) is 30.6 Å². The molecule has 1 aliphatic heterocycles. The number of benzene rings is 1. The van der Waals surface area contributed by atoms with Crippen molar-refractivity contribution in [2.24, 2.45) is 5.92 Å². The maximum atomic E-state index is 12.6. The summed E-state index contributed by atoms with van der Waals surface area (Å²) in [7, 11) is 0. The van der Waals surface area contributed by atoms with E-state index in [4.69, 9.17) is 0 Å². The van der Waals surface area contributed by atoms with Crippen molar-refractivity contribution < 1.29 is 9.59 Å². The van der Waals surface area contributed by atoms with Crippen LogP contribution in [0.25, 0.3) is 5.69 Å². The molecule has 2 amide bonds. The van der Waals surface area contributed by atoms with Crippen molar-refractivity contribution in [1.29, 1.82) is 0 Å². The maximum absolute atomic E-state index is 12.6. The summed E-state index contributed by atoms with van der Waals surface area (Å²) < 4.78 is 1.55. The van der Waals surface area contributed by atoms with Gasteiger partial charge in [-0.3, -0.25) is 9.59 Å². The Kier molecular flexibility index (Phi) is 4.54. The van der Waals surface area contributed by atoms with Crippen molar-refractivity contribution >= 4 is 11.8 Å². The predicted molar refractivity (Wildman–Crippen MR) is 86.2 cm³/mol. The zero-order chi connectivity index (χ0) is 17.1. The summed E-state index contributed by atoms with van der Waals surface area (Å²) in [4.78, 5) is 26.4. The number of nitrogens with one attached hydrogen (secondary N) is 1. The van der Waals surface area contributed by atoms with Crippen molar-refractivity contribution in [2.75, 3.05) is 13.1 Å². The van der Waals surface area contributed by atoms with Crippen LogP contribution in [0.4, 0.5) is 0 Å². The number of rotatable bonds is 4. The standard InChI is InChI=1S/C16H20N6O2/c1-11(2)15-16(24)17-7-8-21(15)14(23)9-12-3-5-13(6-4-12)22-10-18-19-20-22/h3-6,10-11,15H,7-9H2,1-2H3,(H,17,24). The molecular formula is C16H20N6O2. The number of tetrazole rings is 1. The van der Waals surface area contributed by atoms with Crippen LogP contribution in [-0.4, -0.2) is 56.1 Å². The molecule has 1 atom stereocenters. The number of carbonyl (C=O) groups excluding carboxylic acids is 2. The van der Waals surface area contributed by atoms with Gasteiger partial charge in [0.25, 0.3) is 0 Å². The molecule has 1 N–H and O–H groups in total. The summed E-state index contributed by atoms with van der Waals surface area (Å²) in [6.07, 6.45) is 1.78. The van der Waals surface area contributed by atoms with Gasteiger partial charge in [0.1, 0.15) is 12.4 Å². The molecule has 1 aromatic carbocycles. The van der Waals surface area contributed by atoms with Gasteiger partial charge in [0.2, 0.25) is 11.8 Å². The van der Waals surface area contributed by atoms with Gasteiger partial charge in [-0.25, -0.2) is 4.68 Å². The summed E-state index contributed by atoms with van der Waals surface area (Å²) in [6.45, 7) is 4.97. The fraction of sp³-hybridized carbons (Fsp3) is 0.438. The third-order valence-corrected chi connectivity index (χ3v) is 4.11. The molecule has 0 saturated carbocycles. The monoisotopic (exact) mass is 328 g/mol.